The van der Waals surface area contributed by atoms with Crippen molar-refractivity contribution < 1.29 is 37.1 Å². The van der Waals surface area contributed by atoms with Crippen molar-refractivity contribution in [2.45, 2.75) is 44.6 Å². The van der Waals surface area contributed by atoms with E-state index < -0.39 is 12.1 Å². The van der Waals surface area contributed by atoms with Crippen molar-refractivity contribution in [1.29, 1.82) is 0 Å². The minimum absolute atomic E-state index is 0.0349. The number of nitrogens with zero attached hydrogens (tertiary/aromatic N) is 3. The van der Waals surface area contributed by atoms with E-state index >= 15 is 0 Å². The highest BCUT2D eigenvalue weighted by Crippen LogP contribution is 2.34. The second kappa shape index (κ2) is 8.78. The molecule has 0 bridgehead atoms. The number of aliphatic carboxylic acids is 1. The molecule has 11 heteroatoms. The first kappa shape index (κ1) is 22.3. The smallest absolute Gasteiger partial charge is 0.475 e. The fourth-order valence-corrected chi connectivity index (χ4v) is 3.83. The monoisotopic (exact) mass is 439 g/mol. The summed E-state index contributed by atoms with van der Waals surface area (Å²) in [7, 11) is 0. The fraction of sp³-hybridized carbons (Fsp3) is 0.400. The number of hydrogen-bond donors (Lipinski definition) is 1. The van der Waals surface area contributed by atoms with Crippen molar-refractivity contribution >= 4 is 17.8 Å². The molecule has 2 fully saturated rings. The molecule has 0 radical (unpaired) electrons. The molecule has 2 aliphatic rings. The van der Waals surface area contributed by atoms with Crippen LogP contribution in [0.15, 0.2) is 41.3 Å². The Morgan fingerprint density at radius 1 is 1.23 bits per heavy atom. The largest absolute Gasteiger partial charge is 0.490 e. The number of alkyl halides is 3. The highest BCUT2D eigenvalue weighted by atomic mass is 19.4. The summed E-state index contributed by atoms with van der Waals surface area (Å²) in [4.78, 5) is 41.9. The number of carboxylic acid groups (broad SMARTS) is 1. The molecule has 2 aliphatic heterocycles. The van der Waals surface area contributed by atoms with Gasteiger partial charge in [-0.1, -0.05) is 0 Å². The zero-order chi connectivity index (χ0) is 22.8. The molecule has 4 rings (SSSR count). The number of rotatable bonds is 3. The van der Waals surface area contributed by atoms with E-state index in [2.05, 4.69) is 4.98 Å². The van der Waals surface area contributed by atoms with E-state index in [9.17, 15) is 22.8 Å². The molecule has 2 saturated heterocycles. The van der Waals surface area contributed by atoms with Crippen LogP contribution < -0.4 is 0 Å². The van der Waals surface area contributed by atoms with Gasteiger partial charge in [0, 0.05) is 31.9 Å². The predicted molar refractivity (Wildman–Crippen MR) is 99.8 cm³/mol. The van der Waals surface area contributed by atoms with Crippen molar-refractivity contribution in [1.82, 2.24) is 14.8 Å². The molecule has 2 aromatic rings. The Hall–Kier alpha value is -3.37. The number of fused-ring (bicyclic) bond motifs is 1. The molecule has 4 heterocycles. The SMILES string of the molecule is Cc1occc1C(=O)N1CC[C@H]2[C@H]1CC(=O)N2Cc1ccncc1.O=C(O)C(F)(F)F. The number of hydrogen-bond acceptors (Lipinski definition) is 5. The maximum atomic E-state index is 12.8. The van der Waals surface area contributed by atoms with Gasteiger partial charge in [-0.15, -0.1) is 0 Å². The summed E-state index contributed by atoms with van der Waals surface area (Å²) in [5.41, 5.74) is 1.66. The average Bonchev–Trinajstić information content (AvgIpc) is 3.39. The maximum absolute atomic E-state index is 12.8. The summed E-state index contributed by atoms with van der Waals surface area (Å²) in [5.74, 6) is -2.05. The molecular weight excluding hydrogens is 419 g/mol. The minimum Gasteiger partial charge on any atom is -0.475 e. The van der Waals surface area contributed by atoms with Crippen LogP contribution in [0.4, 0.5) is 13.2 Å². The molecule has 0 aliphatic carbocycles. The summed E-state index contributed by atoms with van der Waals surface area (Å²) in [6, 6.07) is 5.61. The lowest BCUT2D eigenvalue weighted by molar-refractivity contribution is -0.192. The molecule has 31 heavy (non-hydrogen) atoms. The zero-order valence-electron chi connectivity index (χ0n) is 16.5. The van der Waals surface area contributed by atoms with E-state index in [0.29, 0.717) is 30.8 Å². The molecular formula is C20H20F3N3O5. The Labute approximate surface area is 175 Å². The Bertz CT molecular complexity index is 960. The summed E-state index contributed by atoms with van der Waals surface area (Å²) >= 11 is 0. The first-order valence-corrected chi connectivity index (χ1v) is 9.43. The van der Waals surface area contributed by atoms with E-state index in [4.69, 9.17) is 14.3 Å². The Morgan fingerprint density at radius 2 is 1.87 bits per heavy atom. The standard InChI is InChI=1S/C18H19N3O3.C2HF3O2/c1-12-14(5-9-24-12)18(23)20-8-4-15-16(20)10-17(22)21(15)11-13-2-6-19-7-3-13;3-2(4,5)1(6)7/h2-3,5-7,9,15-16H,4,8,10-11H2,1H3;(H,6,7)/t15-,16+;/m0./s1. The summed E-state index contributed by atoms with van der Waals surface area (Å²) < 4.78 is 37.0. The molecule has 2 aromatic heterocycles. The lowest BCUT2D eigenvalue weighted by atomic mass is 10.1. The minimum atomic E-state index is -5.08. The number of aryl methyl sites for hydroxylation is 1. The van der Waals surface area contributed by atoms with E-state index in [1.807, 2.05) is 21.9 Å². The van der Waals surface area contributed by atoms with E-state index in [0.717, 1.165) is 12.0 Å². The van der Waals surface area contributed by atoms with Crippen LogP contribution in [0.3, 0.4) is 0 Å². The molecule has 0 aromatic carbocycles. The second-order valence-corrected chi connectivity index (χ2v) is 7.20. The summed E-state index contributed by atoms with van der Waals surface area (Å²) in [6.45, 7) is 3.05. The van der Waals surface area contributed by atoms with Gasteiger partial charge in [-0.2, -0.15) is 13.2 Å². The average molecular weight is 439 g/mol. The number of aromatic nitrogens is 1. The quantitative estimate of drug-likeness (QED) is 0.789. The number of carbonyl (C=O) groups excluding carboxylic acids is 2. The predicted octanol–water partition coefficient (Wildman–Crippen LogP) is 2.63. The highest BCUT2D eigenvalue weighted by Gasteiger charge is 2.48. The summed E-state index contributed by atoms with van der Waals surface area (Å²) in [5, 5.41) is 7.12. The van der Waals surface area contributed by atoms with Crippen molar-refractivity contribution in [2.75, 3.05) is 6.54 Å². The summed E-state index contributed by atoms with van der Waals surface area (Å²) in [6.07, 6.45) is 1.15. The third kappa shape index (κ3) is 4.86. The Morgan fingerprint density at radius 3 is 2.42 bits per heavy atom. The maximum Gasteiger partial charge on any atom is 0.490 e. The second-order valence-electron chi connectivity index (χ2n) is 7.20. The third-order valence-electron chi connectivity index (χ3n) is 5.31. The first-order valence-electron chi connectivity index (χ1n) is 9.43. The first-order chi connectivity index (χ1) is 14.6. The molecule has 0 saturated carbocycles. The van der Waals surface area contributed by atoms with Crippen molar-refractivity contribution in [3.63, 3.8) is 0 Å². The number of carboxylic acids is 1. The van der Waals surface area contributed by atoms with Crippen LogP contribution in [-0.4, -0.2) is 62.5 Å². The van der Waals surface area contributed by atoms with Crippen LogP contribution in [0.5, 0.6) is 0 Å². The Kier molecular flexibility index (Phi) is 6.32. The van der Waals surface area contributed by atoms with Gasteiger partial charge in [0.25, 0.3) is 5.91 Å². The fourth-order valence-electron chi connectivity index (χ4n) is 3.83. The Balaban J connectivity index is 0.000000339. The number of pyridine rings is 1. The van der Waals surface area contributed by atoms with Crippen LogP contribution in [0, 0.1) is 6.92 Å². The van der Waals surface area contributed by atoms with Crippen LogP contribution in [0.1, 0.15) is 34.5 Å². The number of amides is 2. The van der Waals surface area contributed by atoms with Crippen molar-refractivity contribution in [2.24, 2.45) is 0 Å². The van der Waals surface area contributed by atoms with Crippen molar-refractivity contribution in [3.05, 3.63) is 53.7 Å². The normalized spacial score (nSPS) is 20.3. The number of carbonyl (C=O) groups is 3. The van der Waals surface area contributed by atoms with Gasteiger partial charge in [0.05, 0.1) is 23.9 Å². The highest BCUT2D eigenvalue weighted by molar-refractivity contribution is 5.96. The molecule has 2 atom stereocenters. The molecule has 1 N–H and O–H groups in total. The third-order valence-corrected chi connectivity index (χ3v) is 5.31. The lowest BCUT2D eigenvalue weighted by Crippen LogP contribution is -2.39. The van der Waals surface area contributed by atoms with E-state index in [1.54, 1.807) is 25.4 Å². The van der Waals surface area contributed by atoms with Crippen LogP contribution in [-0.2, 0) is 16.1 Å². The van der Waals surface area contributed by atoms with E-state index in [1.165, 1.54) is 6.26 Å². The number of halogens is 3. The van der Waals surface area contributed by atoms with Gasteiger partial charge < -0.3 is 19.3 Å². The van der Waals surface area contributed by atoms with Crippen LogP contribution >= 0.6 is 0 Å². The topological polar surface area (TPSA) is 104 Å². The van der Waals surface area contributed by atoms with Gasteiger partial charge in [-0.3, -0.25) is 14.6 Å². The molecule has 2 amide bonds. The van der Waals surface area contributed by atoms with Crippen LogP contribution in [0.25, 0.3) is 0 Å². The number of furan rings is 1. The molecule has 166 valence electrons. The van der Waals surface area contributed by atoms with Gasteiger partial charge in [0.15, 0.2) is 0 Å². The van der Waals surface area contributed by atoms with Gasteiger partial charge in [0.2, 0.25) is 5.91 Å². The molecule has 8 nitrogen and oxygen atoms in total. The van der Waals surface area contributed by atoms with Gasteiger partial charge in [-0.05, 0) is 37.1 Å². The number of likely N-dealkylation sites (tertiary alicyclic amines) is 2. The lowest BCUT2D eigenvalue weighted by Gasteiger charge is -2.25. The van der Waals surface area contributed by atoms with Crippen LogP contribution in [0.2, 0.25) is 0 Å². The molecule has 0 unspecified atom stereocenters. The van der Waals surface area contributed by atoms with E-state index in [-0.39, 0.29) is 23.9 Å². The van der Waals surface area contributed by atoms with Gasteiger partial charge >= 0.3 is 12.1 Å². The van der Waals surface area contributed by atoms with Crippen molar-refractivity contribution in [3.8, 4) is 0 Å². The molecule has 0 spiro atoms. The van der Waals surface area contributed by atoms with Gasteiger partial charge in [0.1, 0.15) is 5.76 Å². The van der Waals surface area contributed by atoms with Gasteiger partial charge in [-0.25, -0.2) is 4.79 Å². The zero-order valence-corrected chi connectivity index (χ0v) is 16.5.